The van der Waals surface area contributed by atoms with Crippen molar-refractivity contribution in [2.24, 2.45) is 0 Å². The Morgan fingerprint density at radius 1 is 1.36 bits per heavy atom. The van der Waals surface area contributed by atoms with Crippen LogP contribution >= 0.6 is 0 Å². The van der Waals surface area contributed by atoms with Crippen molar-refractivity contribution < 1.29 is 13.2 Å². The van der Waals surface area contributed by atoms with Gasteiger partial charge in [0.15, 0.2) is 15.6 Å². The predicted molar refractivity (Wildman–Crippen MR) is 51.2 cm³/mol. The average molecular weight is 213 g/mol. The van der Waals surface area contributed by atoms with Gasteiger partial charge in [0.2, 0.25) is 0 Å². The Balaban J connectivity index is 2.66. The number of hydrogen-bond acceptors (Lipinski definition) is 3. The second-order valence-corrected chi connectivity index (χ2v) is 5.54. The molecule has 0 bridgehead atoms. The van der Waals surface area contributed by atoms with E-state index in [2.05, 4.69) is 4.98 Å². The summed E-state index contributed by atoms with van der Waals surface area (Å²) >= 11 is 0. The normalized spacial score (nSPS) is 16.8. The molecule has 14 heavy (non-hydrogen) atoms. The highest BCUT2D eigenvalue weighted by molar-refractivity contribution is 7.90. The summed E-state index contributed by atoms with van der Waals surface area (Å²) in [5, 5.41) is 0. The molecular weight excluding hydrogens is 202 g/mol. The second-order valence-electron chi connectivity index (χ2n) is 3.56. The zero-order chi connectivity index (χ0) is 10.3. The number of fused-ring (bicyclic) bond motifs is 1. The Morgan fingerprint density at radius 2 is 2.07 bits per heavy atom. The van der Waals surface area contributed by atoms with Crippen molar-refractivity contribution in [3.05, 3.63) is 17.5 Å². The number of hydrogen-bond donors (Lipinski definition) is 1. The maximum atomic E-state index is 11.5. The standard InChI is InChI=1S/C9H11NO3S/c1-14(12,13)8-5-10-6-3-2-4-7(11)9(6)8/h5,10H,2-4H2,1H3. The van der Waals surface area contributed by atoms with Gasteiger partial charge >= 0.3 is 0 Å². The lowest BCUT2D eigenvalue weighted by Gasteiger charge is -2.10. The maximum Gasteiger partial charge on any atom is 0.177 e. The molecule has 0 amide bonds. The van der Waals surface area contributed by atoms with E-state index in [1.165, 1.54) is 6.20 Å². The van der Waals surface area contributed by atoms with E-state index in [1.54, 1.807) is 0 Å². The number of carbonyl (C=O) groups is 1. The molecule has 0 unspecified atom stereocenters. The summed E-state index contributed by atoms with van der Waals surface area (Å²) in [4.78, 5) is 14.5. The third kappa shape index (κ3) is 1.37. The number of nitrogens with one attached hydrogen (secondary N) is 1. The van der Waals surface area contributed by atoms with E-state index < -0.39 is 9.84 Å². The maximum absolute atomic E-state index is 11.5. The van der Waals surface area contributed by atoms with Gasteiger partial charge in [-0.3, -0.25) is 4.79 Å². The summed E-state index contributed by atoms with van der Waals surface area (Å²) in [5.41, 5.74) is 1.15. The van der Waals surface area contributed by atoms with Crippen LogP contribution in [-0.2, 0) is 16.3 Å². The van der Waals surface area contributed by atoms with Crippen LogP contribution < -0.4 is 0 Å². The Bertz CT molecular complexity index is 484. The molecule has 1 aliphatic rings. The Kier molecular flexibility index (Phi) is 1.99. The minimum Gasteiger partial charge on any atom is -0.363 e. The molecule has 76 valence electrons. The molecule has 0 atom stereocenters. The number of carbonyl (C=O) groups excluding carboxylic acids is 1. The molecule has 2 rings (SSSR count). The van der Waals surface area contributed by atoms with Crippen molar-refractivity contribution in [1.29, 1.82) is 0 Å². The molecule has 0 radical (unpaired) electrons. The van der Waals surface area contributed by atoms with Crippen LogP contribution in [0.15, 0.2) is 11.1 Å². The van der Waals surface area contributed by atoms with Gasteiger partial charge in [-0.05, 0) is 12.8 Å². The van der Waals surface area contributed by atoms with Crippen LogP contribution in [0.5, 0.6) is 0 Å². The van der Waals surface area contributed by atoms with Gasteiger partial charge in [0.1, 0.15) is 0 Å². The summed E-state index contributed by atoms with van der Waals surface area (Å²) in [6.45, 7) is 0. The van der Waals surface area contributed by atoms with E-state index in [9.17, 15) is 13.2 Å². The number of Topliss-reactive ketones (excluding diaryl/α,β-unsaturated/α-hetero) is 1. The first-order chi connectivity index (χ1) is 6.50. The van der Waals surface area contributed by atoms with Crippen molar-refractivity contribution in [1.82, 2.24) is 4.98 Å². The molecule has 1 aromatic rings. The lowest BCUT2D eigenvalue weighted by Crippen LogP contribution is -2.12. The quantitative estimate of drug-likeness (QED) is 0.754. The molecule has 4 nitrogen and oxygen atoms in total. The highest BCUT2D eigenvalue weighted by Crippen LogP contribution is 2.26. The first-order valence-corrected chi connectivity index (χ1v) is 6.33. The van der Waals surface area contributed by atoms with Crippen LogP contribution in [0, 0.1) is 0 Å². The van der Waals surface area contributed by atoms with Crippen LogP contribution in [-0.4, -0.2) is 25.4 Å². The van der Waals surface area contributed by atoms with Gasteiger partial charge in [-0.15, -0.1) is 0 Å². The highest BCUT2D eigenvalue weighted by atomic mass is 32.2. The number of ketones is 1. The molecule has 1 aliphatic carbocycles. The van der Waals surface area contributed by atoms with Crippen LogP contribution in [0.4, 0.5) is 0 Å². The molecule has 0 spiro atoms. The van der Waals surface area contributed by atoms with Gasteiger partial charge in [0.25, 0.3) is 0 Å². The third-order valence-electron chi connectivity index (χ3n) is 2.43. The van der Waals surface area contributed by atoms with Crippen LogP contribution in [0.3, 0.4) is 0 Å². The van der Waals surface area contributed by atoms with Crippen LogP contribution in [0.2, 0.25) is 0 Å². The molecule has 1 aromatic heterocycles. The zero-order valence-electron chi connectivity index (χ0n) is 7.83. The Hall–Kier alpha value is -1.10. The second kappa shape index (κ2) is 2.95. The summed E-state index contributed by atoms with van der Waals surface area (Å²) < 4.78 is 22.7. The number of aryl methyl sites for hydroxylation is 1. The molecule has 5 heteroatoms. The lowest BCUT2D eigenvalue weighted by atomic mass is 9.97. The van der Waals surface area contributed by atoms with E-state index in [0.29, 0.717) is 12.0 Å². The third-order valence-corrected chi connectivity index (χ3v) is 3.56. The van der Waals surface area contributed by atoms with Gasteiger partial charge in [0.05, 0.1) is 10.5 Å². The SMILES string of the molecule is CS(=O)(=O)c1c[nH]c2c1C(=O)CCC2. The summed E-state index contributed by atoms with van der Waals surface area (Å²) in [6, 6.07) is 0. The van der Waals surface area contributed by atoms with E-state index in [0.717, 1.165) is 24.8 Å². The lowest BCUT2D eigenvalue weighted by molar-refractivity contribution is 0.0969. The summed E-state index contributed by atoms with van der Waals surface area (Å²) in [6.07, 6.45) is 4.56. The Labute approximate surface area is 82.2 Å². The summed E-state index contributed by atoms with van der Waals surface area (Å²) in [7, 11) is -3.29. The number of aromatic nitrogens is 1. The molecule has 1 N–H and O–H groups in total. The van der Waals surface area contributed by atoms with E-state index in [-0.39, 0.29) is 10.7 Å². The molecular formula is C9H11NO3S. The predicted octanol–water partition coefficient (Wildman–Crippen LogP) is 0.937. The molecule has 0 saturated carbocycles. The highest BCUT2D eigenvalue weighted by Gasteiger charge is 2.26. The largest absolute Gasteiger partial charge is 0.363 e. The van der Waals surface area contributed by atoms with Gasteiger partial charge in [-0.1, -0.05) is 0 Å². The van der Waals surface area contributed by atoms with Crippen molar-refractivity contribution in [2.75, 3.05) is 6.26 Å². The molecule has 0 fully saturated rings. The molecule has 1 heterocycles. The minimum absolute atomic E-state index is 0.0621. The van der Waals surface area contributed by atoms with E-state index in [1.807, 2.05) is 0 Å². The molecule has 0 saturated heterocycles. The fourth-order valence-corrected chi connectivity index (χ4v) is 2.67. The number of rotatable bonds is 1. The first kappa shape index (κ1) is 9.45. The number of aromatic amines is 1. The van der Waals surface area contributed by atoms with Gasteiger partial charge in [-0.2, -0.15) is 0 Å². The van der Waals surface area contributed by atoms with Crippen LogP contribution in [0.25, 0.3) is 0 Å². The van der Waals surface area contributed by atoms with Gasteiger partial charge in [0, 0.05) is 24.6 Å². The zero-order valence-corrected chi connectivity index (χ0v) is 8.65. The van der Waals surface area contributed by atoms with Crippen molar-refractivity contribution >= 4 is 15.6 Å². The molecule has 0 aliphatic heterocycles. The van der Waals surface area contributed by atoms with Gasteiger partial charge in [-0.25, -0.2) is 8.42 Å². The summed E-state index contributed by atoms with van der Waals surface area (Å²) in [5.74, 6) is -0.0621. The van der Waals surface area contributed by atoms with Gasteiger partial charge < -0.3 is 4.98 Å². The van der Waals surface area contributed by atoms with E-state index >= 15 is 0 Å². The average Bonchev–Trinajstić information content (AvgIpc) is 2.47. The van der Waals surface area contributed by atoms with Crippen molar-refractivity contribution in [3.63, 3.8) is 0 Å². The minimum atomic E-state index is -3.29. The fourth-order valence-electron chi connectivity index (χ4n) is 1.79. The van der Waals surface area contributed by atoms with Crippen LogP contribution in [0.1, 0.15) is 28.9 Å². The number of sulfone groups is 1. The number of H-pyrrole nitrogens is 1. The van der Waals surface area contributed by atoms with E-state index in [4.69, 9.17) is 0 Å². The smallest absolute Gasteiger partial charge is 0.177 e. The Morgan fingerprint density at radius 3 is 2.71 bits per heavy atom. The van der Waals surface area contributed by atoms with Crippen molar-refractivity contribution in [2.45, 2.75) is 24.2 Å². The monoisotopic (exact) mass is 213 g/mol. The molecule has 0 aromatic carbocycles. The first-order valence-electron chi connectivity index (χ1n) is 4.43. The topological polar surface area (TPSA) is 67.0 Å². The van der Waals surface area contributed by atoms with Crippen molar-refractivity contribution in [3.8, 4) is 0 Å². The fraction of sp³-hybridized carbons (Fsp3) is 0.444.